The van der Waals surface area contributed by atoms with Crippen LogP contribution in [0, 0.1) is 0 Å². The quantitative estimate of drug-likeness (QED) is 0.808. The smallest absolute Gasteiger partial charge is 0.253 e. The minimum atomic E-state index is -0.0292. The minimum Gasteiger partial charge on any atom is -0.399 e. The molecule has 0 heterocycles. The van der Waals surface area contributed by atoms with Crippen molar-refractivity contribution in [2.75, 3.05) is 24.7 Å². The Hall–Kier alpha value is -1.42. The van der Waals surface area contributed by atoms with Gasteiger partial charge in [0.15, 0.2) is 0 Å². The summed E-state index contributed by atoms with van der Waals surface area (Å²) >= 11 is 0. The number of nitrogens with zero attached hydrogens (tertiary/aromatic N) is 1. The first-order valence-corrected chi connectivity index (χ1v) is 5.45. The maximum Gasteiger partial charge on any atom is 0.253 e. The second-order valence-corrected chi connectivity index (χ2v) is 4.42. The third kappa shape index (κ3) is 3.27. The Kier molecular flexibility index (Phi) is 4.23. The van der Waals surface area contributed by atoms with E-state index in [4.69, 9.17) is 5.73 Å². The Morgan fingerprint density at radius 1 is 1.41 bits per heavy atom. The Morgan fingerprint density at radius 3 is 2.59 bits per heavy atom. The fourth-order valence-electron chi connectivity index (χ4n) is 1.62. The van der Waals surface area contributed by atoms with Crippen molar-refractivity contribution in [3.05, 3.63) is 23.8 Å². The van der Waals surface area contributed by atoms with E-state index in [2.05, 4.69) is 5.32 Å². The molecule has 0 atom stereocenters. The number of nitrogens with two attached hydrogens (primary N) is 1. The molecule has 1 amide bonds. The Morgan fingerprint density at radius 2 is 2.06 bits per heavy atom. The molecule has 1 aliphatic rings. The summed E-state index contributed by atoms with van der Waals surface area (Å²) in [6.07, 6.45) is 2.18. The number of halogens is 1. The number of benzene rings is 1. The fraction of sp³-hybridized carbons (Fsp3) is 0.417. The molecule has 5 heteroatoms. The lowest BCUT2D eigenvalue weighted by Crippen LogP contribution is -2.27. The molecule has 1 saturated carbocycles. The van der Waals surface area contributed by atoms with Gasteiger partial charge in [-0.05, 0) is 31.0 Å². The number of amides is 1. The molecule has 0 spiro atoms. The van der Waals surface area contributed by atoms with Gasteiger partial charge in [0.05, 0.1) is 5.56 Å². The molecule has 0 aliphatic heterocycles. The van der Waals surface area contributed by atoms with E-state index < -0.39 is 0 Å². The summed E-state index contributed by atoms with van der Waals surface area (Å²) in [4.78, 5) is 13.9. The van der Waals surface area contributed by atoms with Crippen LogP contribution in [-0.2, 0) is 0 Å². The third-order valence-corrected chi connectivity index (χ3v) is 2.66. The largest absolute Gasteiger partial charge is 0.399 e. The molecule has 0 aromatic heterocycles. The predicted octanol–water partition coefficient (Wildman–Crippen LogP) is 1.65. The zero-order chi connectivity index (χ0) is 11.7. The molecular weight excluding hydrogens is 238 g/mol. The van der Waals surface area contributed by atoms with Crippen LogP contribution in [0.25, 0.3) is 0 Å². The van der Waals surface area contributed by atoms with E-state index in [1.807, 2.05) is 31.1 Å². The van der Waals surface area contributed by atoms with Crippen molar-refractivity contribution in [1.82, 2.24) is 5.32 Å². The van der Waals surface area contributed by atoms with Crippen molar-refractivity contribution >= 4 is 29.7 Å². The molecule has 4 nitrogen and oxygen atoms in total. The first kappa shape index (κ1) is 13.6. The summed E-state index contributed by atoms with van der Waals surface area (Å²) in [6.45, 7) is 0. The molecular formula is C12H18ClN3O. The Balaban J connectivity index is 0.00000144. The van der Waals surface area contributed by atoms with Gasteiger partial charge in [-0.15, -0.1) is 12.4 Å². The van der Waals surface area contributed by atoms with E-state index in [0.717, 1.165) is 18.5 Å². The number of nitrogen functional groups attached to an aromatic ring is 1. The fourth-order valence-corrected chi connectivity index (χ4v) is 1.62. The van der Waals surface area contributed by atoms with Gasteiger partial charge in [0.25, 0.3) is 5.91 Å². The van der Waals surface area contributed by atoms with E-state index >= 15 is 0 Å². The van der Waals surface area contributed by atoms with Crippen LogP contribution in [0.5, 0.6) is 0 Å². The number of carbonyl (C=O) groups excluding carboxylic acids is 1. The van der Waals surface area contributed by atoms with Crippen LogP contribution in [0.4, 0.5) is 11.4 Å². The number of rotatable bonds is 3. The van der Waals surface area contributed by atoms with Crippen LogP contribution in [-0.4, -0.2) is 26.0 Å². The molecule has 0 saturated heterocycles. The van der Waals surface area contributed by atoms with Gasteiger partial charge in [-0.1, -0.05) is 0 Å². The number of nitrogens with one attached hydrogen (secondary N) is 1. The van der Waals surface area contributed by atoms with E-state index in [0.29, 0.717) is 17.3 Å². The van der Waals surface area contributed by atoms with Crippen LogP contribution in [0.2, 0.25) is 0 Å². The van der Waals surface area contributed by atoms with E-state index in [9.17, 15) is 4.79 Å². The highest BCUT2D eigenvalue weighted by Crippen LogP contribution is 2.24. The summed E-state index contributed by atoms with van der Waals surface area (Å²) in [5, 5.41) is 2.97. The van der Waals surface area contributed by atoms with Crippen molar-refractivity contribution < 1.29 is 4.79 Å². The molecule has 2 rings (SSSR count). The second-order valence-electron chi connectivity index (χ2n) is 4.42. The lowest BCUT2D eigenvalue weighted by atomic mass is 10.1. The minimum absolute atomic E-state index is 0. The lowest BCUT2D eigenvalue weighted by Gasteiger charge is -2.17. The molecule has 17 heavy (non-hydrogen) atoms. The van der Waals surface area contributed by atoms with Crippen molar-refractivity contribution in [1.29, 1.82) is 0 Å². The molecule has 1 fully saturated rings. The Bertz CT molecular complexity index is 416. The van der Waals surface area contributed by atoms with Gasteiger partial charge < -0.3 is 16.0 Å². The Labute approximate surface area is 108 Å². The van der Waals surface area contributed by atoms with Crippen molar-refractivity contribution in [3.63, 3.8) is 0 Å². The first-order valence-electron chi connectivity index (χ1n) is 5.45. The molecule has 3 N–H and O–H groups in total. The molecule has 94 valence electrons. The van der Waals surface area contributed by atoms with Gasteiger partial charge in [0.2, 0.25) is 0 Å². The highest BCUT2D eigenvalue weighted by Gasteiger charge is 2.25. The number of hydrogen-bond donors (Lipinski definition) is 2. The summed E-state index contributed by atoms with van der Waals surface area (Å²) in [7, 11) is 3.83. The van der Waals surface area contributed by atoms with Gasteiger partial charge in [-0.3, -0.25) is 4.79 Å². The zero-order valence-electron chi connectivity index (χ0n) is 10.1. The van der Waals surface area contributed by atoms with E-state index in [1.165, 1.54) is 0 Å². The molecule has 0 bridgehead atoms. The topological polar surface area (TPSA) is 58.4 Å². The molecule has 1 aromatic rings. The van der Waals surface area contributed by atoms with Crippen molar-refractivity contribution in [2.45, 2.75) is 18.9 Å². The summed E-state index contributed by atoms with van der Waals surface area (Å²) in [6, 6.07) is 5.77. The predicted molar refractivity (Wildman–Crippen MR) is 72.9 cm³/mol. The number of hydrogen-bond acceptors (Lipinski definition) is 3. The van der Waals surface area contributed by atoms with Gasteiger partial charge >= 0.3 is 0 Å². The van der Waals surface area contributed by atoms with Crippen LogP contribution in [0.15, 0.2) is 18.2 Å². The van der Waals surface area contributed by atoms with Crippen LogP contribution in [0.1, 0.15) is 23.2 Å². The summed E-state index contributed by atoms with van der Waals surface area (Å²) in [5.41, 5.74) is 7.88. The normalized spacial score (nSPS) is 13.8. The number of carbonyl (C=O) groups is 1. The standard InChI is InChI=1S/C12H17N3O.ClH/c1-15(2)11-6-3-8(13)7-10(11)12(16)14-9-4-5-9;/h3,6-7,9H,4-5,13H2,1-2H3,(H,14,16);1H. The maximum absolute atomic E-state index is 12.0. The summed E-state index contributed by atoms with van der Waals surface area (Å²) < 4.78 is 0. The monoisotopic (exact) mass is 255 g/mol. The van der Waals surface area contributed by atoms with Crippen LogP contribution < -0.4 is 16.0 Å². The first-order chi connectivity index (χ1) is 7.58. The molecule has 0 radical (unpaired) electrons. The molecule has 0 unspecified atom stereocenters. The van der Waals surface area contributed by atoms with Crippen LogP contribution in [0.3, 0.4) is 0 Å². The van der Waals surface area contributed by atoms with Crippen LogP contribution >= 0.6 is 12.4 Å². The average Bonchev–Trinajstić information content (AvgIpc) is 3.01. The zero-order valence-corrected chi connectivity index (χ0v) is 10.9. The SMILES string of the molecule is CN(C)c1ccc(N)cc1C(=O)NC1CC1.Cl. The van der Waals surface area contributed by atoms with E-state index in [-0.39, 0.29) is 18.3 Å². The van der Waals surface area contributed by atoms with Gasteiger partial charge in [-0.2, -0.15) is 0 Å². The highest BCUT2D eigenvalue weighted by molar-refractivity contribution is 6.01. The molecule has 1 aromatic carbocycles. The summed E-state index contributed by atoms with van der Waals surface area (Å²) in [5.74, 6) is -0.0292. The highest BCUT2D eigenvalue weighted by atomic mass is 35.5. The van der Waals surface area contributed by atoms with E-state index in [1.54, 1.807) is 6.07 Å². The maximum atomic E-state index is 12.0. The molecule has 1 aliphatic carbocycles. The van der Waals surface area contributed by atoms with Gasteiger partial charge in [0, 0.05) is 31.5 Å². The van der Waals surface area contributed by atoms with Crippen molar-refractivity contribution in [3.8, 4) is 0 Å². The van der Waals surface area contributed by atoms with Gasteiger partial charge in [0.1, 0.15) is 0 Å². The second kappa shape index (κ2) is 5.27. The van der Waals surface area contributed by atoms with Crippen molar-refractivity contribution in [2.24, 2.45) is 0 Å². The lowest BCUT2D eigenvalue weighted by molar-refractivity contribution is 0.0951. The average molecular weight is 256 g/mol. The van der Waals surface area contributed by atoms with Gasteiger partial charge in [-0.25, -0.2) is 0 Å². The third-order valence-electron chi connectivity index (χ3n) is 2.66. The number of anilines is 2.